The molecule has 0 unspecified atom stereocenters. The molecule has 20 heavy (non-hydrogen) atoms. The number of nitrogens with zero attached hydrogens (tertiary/aromatic N) is 2. The minimum atomic E-state index is -0.159. The third-order valence-electron chi connectivity index (χ3n) is 2.80. The van der Waals surface area contributed by atoms with E-state index in [1.807, 2.05) is 18.2 Å². The van der Waals surface area contributed by atoms with E-state index in [4.69, 9.17) is 17.4 Å². The molecular weight excluding hydrogens is 276 g/mol. The molecule has 6 heteroatoms. The molecule has 0 aliphatic rings. The molecule has 0 fully saturated rings. The van der Waals surface area contributed by atoms with Gasteiger partial charge in [-0.2, -0.15) is 0 Å². The summed E-state index contributed by atoms with van der Waals surface area (Å²) < 4.78 is 0. The van der Waals surface area contributed by atoms with Crippen LogP contribution in [0.2, 0.25) is 5.02 Å². The van der Waals surface area contributed by atoms with Gasteiger partial charge in [0.15, 0.2) is 0 Å². The number of nitrogens with two attached hydrogens (primary N) is 1. The van der Waals surface area contributed by atoms with Crippen LogP contribution in [0.3, 0.4) is 0 Å². The van der Waals surface area contributed by atoms with Crippen molar-refractivity contribution in [2.45, 2.75) is 6.54 Å². The number of amides is 1. The molecule has 2 aromatic rings. The van der Waals surface area contributed by atoms with Gasteiger partial charge >= 0.3 is 0 Å². The third kappa shape index (κ3) is 3.46. The fraction of sp³-hybridized carbons (Fsp3) is 0.143. The van der Waals surface area contributed by atoms with Crippen LogP contribution in [0.4, 0.5) is 5.69 Å². The fourth-order valence-corrected chi connectivity index (χ4v) is 2.00. The van der Waals surface area contributed by atoms with Gasteiger partial charge in [-0.05, 0) is 29.8 Å². The van der Waals surface area contributed by atoms with Gasteiger partial charge in [0.2, 0.25) is 0 Å². The number of aromatic nitrogens is 1. The minimum Gasteiger partial charge on any atom is -0.336 e. The lowest BCUT2D eigenvalue weighted by Crippen LogP contribution is -2.27. The Morgan fingerprint density at radius 1 is 1.40 bits per heavy atom. The summed E-state index contributed by atoms with van der Waals surface area (Å²) in [6, 6.07) is 10.7. The Bertz CT molecular complexity index is 600. The average Bonchev–Trinajstić information content (AvgIpc) is 2.46. The highest BCUT2D eigenvalue weighted by Gasteiger charge is 2.13. The number of nitrogen functional groups attached to an aromatic ring is 1. The second kappa shape index (κ2) is 6.36. The van der Waals surface area contributed by atoms with Gasteiger partial charge in [0.05, 0.1) is 11.9 Å². The van der Waals surface area contributed by atoms with E-state index in [9.17, 15) is 4.79 Å². The predicted molar refractivity (Wildman–Crippen MR) is 79.3 cm³/mol. The molecule has 0 atom stereocenters. The Hall–Kier alpha value is -2.11. The zero-order valence-corrected chi connectivity index (χ0v) is 11.8. The van der Waals surface area contributed by atoms with Gasteiger partial charge in [0.25, 0.3) is 5.91 Å². The Morgan fingerprint density at radius 3 is 2.80 bits per heavy atom. The first-order valence-electron chi connectivity index (χ1n) is 6.02. The largest absolute Gasteiger partial charge is 0.336 e. The first-order chi connectivity index (χ1) is 9.60. The van der Waals surface area contributed by atoms with Crippen LogP contribution < -0.4 is 11.3 Å². The molecule has 0 spiro atoms. The first-order valence-corrected chi connectivity index (χ1v) is 6.40. The second-order valence-corrected chi connectivity index (χ2v) is 4.80. The van der Waals surface area contributed by atoms with Gasteiger partial charge in [-0.15, -0.1) is 0 Å². The van der Waals surface area contributed by atoms with Gasteiger partial charge in [-0.25, -0.2) is 4.98 Å². The molecule has 0 aliphatic carbocycles. The monoisotopic (exact) mass is 290 g/mol. The number of hydrogen-bond acceptors (Lipinski definition) is 4. The number of benzene rings is 1. The van der Waals surface area contributed by atoms with Crippen LogP contribution in [-0.2, 0) is 6.54 Å². The quantitative estimate of drug-likeness (QED) is 0.669. The summed E-state index contributed by atoms with van der Waals surface area (Å²) >= 11 is 5.92. The van der Waals surface area contributed by atoms with Gasteiger partial charge in [0.1, 0.15) is 5.69 Å². The Labute approximate surface area is 122 Å². The summed E-state index contributed by atoms with van der Waals surface area (Å²) in [6.07, 6.45) is 1.51. The van der Waals surface area contributed by atoms with Crippen LogP contribution in [-0.4, -0.2) is 22.8 Å². The zero-order chi connectivity index (χ0) is 14.5. The van der Waals surface area contributed by atoms with E-state index >= 15 is 0 Å². The molecular formula is C14H15ClN4O. The van der Waals surface area contributed by atoms with Crippen LogP contribution >= 0.6 is 11.6 Å². The van der Waals surface area contributed by atoms with Gasteiger partial charge in [-0.3, -0.25) is 10.6 Å². The fourth-order valence-electron chi connectivity index (χ4n) is 1.78. The van der Waals surface area contributed by atoms with Crippen LogP contribution in [0.5, 0.6) is 0 Å². The Morgan fingerprint density at radius 2 is 2.20 bits per heavy atom. The molecule has 1 heterocycles. The van der Waals surface area contributed by atoms with Crippen molar-refractivity contribution in [2.75, 3.05) is 12.5 Å². The zero-order valence-electron chi connectivity index (χ0n) is 11.0. The number of nitrogens with one attached hydrogen (secondary N) is 1. The standard InChI is InChI=1S/C14H15ClN4O/c1-19(9-10-3-2-4-11(15)7-10)14(20)13-6-5-12(18-16)8-17-13/h2-8,18H,9,16H2,1H3. The molecule has 2 rings (SSSR count). The third-order valence-corrected chi connectivity index (χ3v) is 3.04. The molecule has 3 N–H and O–H groups in total. The maximum atomic E-state index is 12.2. The predicted octanol–water partition coefficient (Wildman–Crippen LogP) is 2.29. The van der Waals surface area contributed by atoms with Gasteiger partial charge < -0.3 is 10.3 Å². The Kier molecular flexibility index (Phi) is 4.55. The normalized spacial score (nSPS) is 10.2. The summed E-state index contributed by atoms with van der Waals surface area (Å²) in [4.78, 5) is 17.9. The minimum absolute atomic E-state index is 0.159. The maximum absolute atomic E-state index is 12.2. The molecule has 0 saturated carbocycles. The number of carbonyl (C=O) groups is 1. The summed E-state index contributed by atoms with van der Waals surface area (Å²) in [5.41, 5.74) is 4.45. The van der Waals surface area contributed by atoms with E-state index < -0.39 is 0 Å². The van der Waals surface area contributed by atoms with E-state index in [2.05, 4.69) is 10.4 Å². The molecule has 0 saturated heterocycles. The Balaban J connectivity index is 2.07. The number of pyridine rings is 1. The average molecular weight is 291 g/mol. The second-order valence-electron chi connectivity index (χ2n) is 4.37. The van der Waals surface area contributed by atoms with E-state index in [-0.39, 0.29) is 5.91 Å². The van der Waals surface area contributed by atoms with Crippen molar-refractivity contribution in [2.24, 2.45) is 5.84 Å². The molecule has 0 bridgehead atoms. The van der Waals surface area contributed by atoms with Crippen molar-refractivity contribution in [3.05, 3.63) is 58.9 Å². The highest BCUT2D eigenvalue weighted by Crippen LogP contribution is 2.13. The molecule has 5 nitrogen and oxygen atoms in total. The first kappa shape index (κ1) is 14.3. The number of carbonyl (C=O) groups excluding carboxylic acids is 1. The maximum Gasteiger partial charge on any atom is 0.272 e. The lowest BCUT2D eigenvalue weighted by atomic mass is 10.2. The van der Waals surface area contributed by atoms with E-state index in [1.165, 1.54) is 6.20 Å². The lowest BCUT2D eigenvalue weighted by Gasteiger charge is -2.17. The highest BCUT2D eigenvalue weighted by atomic mass is 35.5. The number of halogens is 1. The van der Waals surface area contributed by atoms with Crippen LogP contribution in [0.15, 0.2) is 42.6 Å². The summed E-state index contributed by atoms with van der Waals surface area (Å²) in [7, 11) is 1.72. The summed E-state index contributed by atoms with van der Waals surface area (Å²) in [5, 5.41) is 0.653. The van der Waals surface area contributed by atoms with E-state index in [0.717, 1.165) is 5.56 Å². The van der Waals surface area contributed by atoms with Gasteiger partial charge in [-0.1, -0.05) is 23.7 Å². The SMILES string of the molecule is CN(Cc1cccc(Cl)c1)C(=O)c1ccc(NN)cn1. The molecule has 1 aromatic carbocycles. The molecule has 104 valence electrons. The van der Waals surface area contributed by atoms with Crippen molar-refractivity contribution < 1.29 is 4.79 Å². The molecule has 1 aromatic heterocycles. The van der Waals surface area contributed by atoms with Crippen molar-refractivity contribution in [3.8, 4) is 0 Å². The lowest BCUT2D eigenvalue weighted by molar-refractivity contribution is 0.0779. The van der Waals surface area contributed by atoms with Crippen molar-refractivity contribution in [1.29, 1.82) is 0 Å². The van der Waals surface area contributed by atoms with E-state index in [1.54, 1.807) is 30.1 Å². The van der Waals surface area contributed by atoms with Crippen LogP contribution in [0.25, 0.3) is 0 Å². The van der Waals surface area contributed by atoms with Crippen molar-refractivity contribution in [1.82, 2.24) is 9.88 Å². The molecule has 1 amide bonds. The topological polar surface area (TPSA) is 71.2 Å². The van der Waals surface area contributed by atoms with Crippen LogP contribution in [0, 0.1) is 0 Å². The van der Waals surface area contributed by atoms with Crippen molar-refractivity contribution >= 4 is 23.2 Å². The number of hydrogen-bond donors (Lipinski definition) is 2. The molecule has 0 radical (unpaired) electrons. The van der Waals surface area contributed by atoms with Gasteiger partial charge in [0, 0.05) is 18.6 Å². The summed E-state index contributed by atoms with van der Waals surface area (Å²) in [6.45, 7) is 0.470. The van der Waals surface area contributed by atoms with E-state index in [0.29, 0.717) is 22.9 Å². The number of anilines is 1. The molecule has 0 aliphatic heterocycles. The highest BCUT2D eigenvalue weighted by molar-refractivity contribution is 6.30. The van der Waals surface area contributed by atoms with Crippen molar-refractivity contribution in [3.63, 3.8) is 0 Å². The smallest absolute Gasteiger partial charge is 0.272 e. The number of rotatable bonds is 4. The summed E-state index contributed by atoms with van der Waals surface area (Å²) in [5.74, 6) is 5.10. The van der Waals surface area contributed by atoms with Crippen LogP contribution in [0.1, 0.15) is 16.1 Å². The number of hydrazine groups is 1.